The Bertz CT molecular complexity index is 382. The van der Waals surface area contributed by atoms with E-state index in [-0.39, 0.29) is 24.4 Å². The van der Waals surface area contributed by atoms with Crippen LogP contribution in [0.2, 0.25) is 0 Å². The Morgan fingerprint density at radius 3 is 2.61 bits per heavy atom. The van der Waals surface area contributed by atoms with Crippen molar-refractivity contribution in [2.75, 3.05) is 13.6 Å². The Morgan fingerprint density at radius 2 is 2.11 bits per heavy atom. The summed E-state index contributed by atoms with van der Waals surface area (Å²) in [7, 11) is 1.76. The highest BCUT2D eigenvalue weighted by atomic mass is 35.5. The molecule has 1 aromatic heterocycles. The standard InChI is InChI=1S/C13H21N3O.ClH/c1-9(2)12(16-11(17)8-14-4)13-10(3)6-5-7-15-13;/h5-7,9,12,14H,8H2,1-4H3,(H,16,17);1H. The smallest absolute Gasteiger partial charge is 0.234 e. The van der Waals surface area contributed by atoms with Crippen LogP contribution in [-0.2, 0) is 4.79 Å². The highest BCUT2D eigenvalue weighted by Gasteiger charge is 2.20. The molecule has 0 spiro atoms. The fraction of sp³-hybridized carbons (Fsp3) is 0.538. The van der Waals surface area contributed by atoms with Gasteiger partial charge in [0.25, 0.3) is 0 Å². The van der Waals surface area contributed by atoms with Crippen molar-refractivity contribution in [3.63, 3.8) is 0 Å². The molecule has 0 saturated carbocycles. The van der Waals surface area contributed by atoms with Crippen molar-refractivity contribution in [2.45, 2.75) is 26.8 Å². The maximum absolute atomic E-state index is 11.6. The topological polar surface area (TPSA) is 54.0 Å². The summed E-state index contributed by atoms with van der Waals surface area (Å²) >= 11 is 0. The van der Waals surface area contributed by atoms with E-state index >= 15 is 0 Å². The number of amides is 1. The fourth-order valence-electron chi connectivity index (χ4n) is 1.76. The number of pyridine rings is 1. The van der Waals surface area contributed by atoms with Crippen LogP contribution in [0.1, 0.15) is 31.1 Å². The number of hydrogen-bond donors (Lipinski definition) is 2. The second-order valence-electron chi connectivity index (χ2n) is 4.53. The van der Waals surface area contributed by atoms with E-state index in [1.807, 2.05) is 19.1 Å². The minimum atomic E-state index is -0.0305. The third-order valence-electron chi connectivity index (χ3n) is 2.67. The third-order valence-corrected chi connectivity index (χ3v) is 2.67. The Hall–Kier alpha value is -1.13. The van der Waals surface area contributed by atoms with Crippen LogP contribution in [0.4, 0.5) is 0 Å². The normalized spacial score (nSPS) is 11.8. The first-order chi connectivity index (χ1) is 8.06. The molecule has 0 aromatic carbocycles. The van der Waals surface area contributed by atoms with E-state index in [9.17, 15) is 4.79 Å². The van der Waals surface area contributed by atoms with Crippen LogP contribution in [-0.4, -0.2) is 24.5 Å². The van der Waals surface area contributed by atoms with Gasteiger partial charge < -0.3 is 10.6 Å². The number of aromatic nitrogens is 1. The monoisotopic (exact) mass is 271 g/mol. The van der Waals surface area contributed by atoms with Crippen molar-refractivity contribution in [1.29, 1.82) is 0 Å². The third kappa shape index (κ3) is 4.63. The summed E-state index contributed by atoms with van der Waals surface area (Å²) < 4.78 is 0. The number of carbonyl (C=O) groups is 1. The zero-order valence-corrected chi connectivity index (χ0v) is 12.2. The zero-order valence-electron chi connectivity index (χ0n) is 11.4. The first kappa shape index (κ1) is 16.9. The van der Waals surface area contributed by atoms with E-state index < -0.39 is 0 Å². The molecule has 0 fully saturated rings. The first-order valence-electron chi connectivity index (χ1n) is 5.91. The number of nitrogens with zero attached hydrogens (tertiary/aromatic N) is 1. The van der Waals surface area contributed by atoms with Gasteiger partial charge in [0.15, 0.2) is 0 Å². The average Bonchev–Trinajstić information content (AvgIpc) is 2.27. The molecule has 0 saturated heterocycles. The second kappa shape index (κ2) is 8.06. The van der Waals surface area contributed by atoms with Crippen LogP contribution in [0.25, 0.3) is 0 Å². The molecule has 1 amide bonds. The lowest BCUT2D eigenvalue weighted by molar-refractivity contribution is -0.121. The number of nitrogens with one attached hydrogen (secondary N) is 2. The zero-order chi connectivity index (χ0) is 12.8. The predicted octanol–water partition coefficient (Wildman–Crippen LogP) is 1.84. The van der Waals surface area contributed by atoms with E-state index in [0.29, 0.717) is 12.5 Å². The molecule has 102 valence electrons. The molecular weight excluding hydrogens is 250 g/mol. The summed E-state index contributed by atoms with van der Waals surface area (Å²) in [5, 5.41) is 5.86. The summed E-state index contributed by atoms with van der Waals surface area (Å²) in [4.78, 5) is 16.0. The van der Waals surface area contributed by atoms with Crippen LogP contribution < -0.4 is 10.6 Å². The summed E-state index contributed by atoms with van der Waals surface area (Å²) in [6.07, 6.45) is 1.77. The number of aryl methyl sites for hydroxylation is 1. The van der Waals surface area contributed by atoms with Crippen LogP contribution in [0, 0.1) is 12.8 Å². The van der Waals surface area contributed by atoms with Gasteiger partial charge in [0.1, 0.15) is 0 Å². The van der Waals surface area contributed by atoms with E-state index in [2.05, 4.69) is 29.5 Å². The highest BCUT2D eigenvalue weighted by molar-refractivity contribution is 5.85. The van der Waals surface area contributed by atoms with E-state index in [0.717, 1.165) is 11.3 Å². The van der Waals surface area contributed by atoms with Gasteiger partial charge in [-0.3, -0.25) is 9.78 Å². The molecule has 1 aromatic rings. The van der Waals surface area contributed by atoms with Crippen molar-refractivity contribution < 1.29 is 4.79 Å². The van der Waals surface area contributed by atoms with E-state index in [4.69, 9.17) is 0 Å². The first-order valence-corrected chi connectivity index (χ1v) is 5.91. The minimum absolute atomic E-state index is 0. The van der Waals surface area contributed by atoms with Crippen molar-refractivity contribution >= 4 is 18.3 Å². The number of carbonyl (C=O) groups excluding carboxylic acids is 1. The van der Waals surface area contributed by atoms with Gasteiger partial charge in [-0.25, -0.2) is 0 Å². The summed E-state index contributed by atoms with van der Waals surface area (Å²) in [5.41, 5.74) is 2.06. The lowest BCUT2D eigenvalue weighted by Gasteiger charge is -2.23. The lowest BCUT2D eigenvalue weighted by atomic mass is 9.97. The molecule has 0 aliphatic rings. The fourth-order valence-corrected chi connectivity index (χ4v) is 1.76. The predicted molar refractivity (Wildman–Crippen MR) is 75.9 cm³/mol. The molecule has 0 bridgehead atoms. The maximum Gasteiger partial charge on any atom is 0.234 e. The summed E-state index contributed by atoms with van der Waals surface area (Å²) in [6, 6.07) is 3.89. The van der Waals surface area contributed by atoms with Crippen molar-refractivity contribution in [3.8, 4) is 0 Å². The van der Waals surface area contributed by atoms with Crippen LogP contribution in [0.3, 0.4) is 0 Å². The number of likely N-dealkylation sites (N-methyl/N-ethyl adjacent to an activating group) is 1. The molecule has 0 aliphatic heterocycles. The Balaban J connectivity index is 0.00000289. The molecule has 1 rings (SSSR count). The molecule has 1 unspecified atom stereocenters. The Morgan fingerprint density at radius 1 is 1.44 bits per heavy atom. The number of hydrogen-bond acceptors (Lipinski definition) is 3. The number of rotatable bonds is 5. The minimum Gasteiger partial charge on any atom is -0.346 e. The molecule has 1 heterocycles. The molecule has 18 heavy (non-hydrogen) atoms. The lowest BCUT2D eigenvalue weighted by Crippen LogP contribution is -2.37. The van der Waals surface area contributed by atoms with Crippen LogP contribution in [0.15, 0.2) is 18.3 Å². The average molecular weight is 272 g/mol. The van der Waals surface area contributed by atoms with Gasteiger partial charge in [-0.15, -0.1) is 12.4 Å². The van der Waals surface area contributed by atoms with Gasteiger partial charge in [0, 0.05) is 6.20 Å². The molecule has 1 atom stereocenters. The second-order valence-corrected chi connectivity index (χ2v) is 4.53. The van der Waals surface area contributed by atoms with Crippen molar-refractivity contribution in [3.05, 3.63) is 29.6 Å². The highest BCUT2D eigenvalue weighted by Crippen LogP contribution is 2.22. The van der Waals surface area contributed by atoms with Gasteiger partial charge in [-0.2, -0.15) is 0 Å². The molecule has 0 radical (unpaired) electrons. The molecule has 4 nitrogen and oxygen atoms in total. The number of halogens is 1. The van der Waals surface area contributed by atoms with Crippen LogP contribution in [0.5, 0.6) is 0 Å². The molecule has 2 N–H and O–H groups in total. The van der Waals surface area contributed by atoms with Gasteiger partial charge >= 0.3 is 0 Å². The van der Waals surface area contributed by atoms with Gasteiger partial charge in [0.2, 0.25) is 5.91 Å². The summed E-state index contributed by atoms with van der Waals surface area (Å²) in [6.45, 7) is 6.51. The van der Waals surface area contributed by atoms with Gasteiger partial charge in [0.05, 0.1) is 18.3 Å². The quantitative estimate of drug-likeness (QED) is 0.859. The SMILES string of the molecule is CNCC(=O)NC(c1ncccc1C)C(C)C.Cl. The van der Waals surface area contributed by atoms with Gasteiger partial charge in [-0.05, 0) is 31.5 Å². The Kier molecular flexibility index (Phi) is 7.55. The maximum atomic E-state index is 11.6. The Labute approximate surface area is 115 Å². The van der Waals surface area contributed by atoms with Crippen molar-refractivity contribution in [1.82, 2.24) is 15.6 Å². The largest absolute Gasteiger partial charge is 0.346 e. The van der Waals surface area contributed by atoms with E-state index in [1.54, 1.807) is 13.2 Å². The molecular formula is C13H22ClN3O. The molecule has 0 aliphatic carbocycles. The van der Waals surface area contributed by atoms with E-state index in [1.165, 1.54) is 0 Å². The molecule has 5 heteroatoms. The summed E-state index contributed by atoms with van der Waals surface area (Å²) in [5.74, 6) is 0.306. The van der Waals surface area contributed by atoms with Crippen molar-refractivity contribution in [2.24, 2.45) is 5.92 Å². The van der Waals surface area contributed by atoms with Crippen LogP contribution >= 0.6 is 12.4 Å². The van der Waals surface area contributed by atoms with Gasteiger partial charge in [-0.1, -0.05) is 19.9 Å².